The van der Waals surface area contributed by atoms with Crippen LogP contribution in [0.3, 0.4) is 0 Å². The number of amides is 2. The largest absolute Gasteiger partial charge is 0.462 e. The lowest BCUT2D eigenvalue weighted by atomic mass is 10.1. The van der Waals surface area contributed by atoms with Gasteiger partial charge in [0.25, 0.3) is 11.8 Å². The van der Waals surface area contributed by atoms with Crippen LogP contribution < -0.4 is 5.32 Å². The predicted molar refractivity (Wildman–Crippen MR) is 102 cm³/mol. The van der Waals surface area contributed by atoms with Crippen LogP contribution in [0.2, 0.25) is 0 Å². The average Bonchev–Trinajstić information content (AvgIpc) is 2.93. The molecule has 0 saturated heterocycles. The number of thiophene rings is 1. The third-order valence-electron chi connectivity index (χ3n) is 3.58. The number of hydrogen-bond donors (Lipinski definition) is 1. The van der Waals surface area contributed by atoms with Crippen LogP contribution in [0, 0.1) is 6.92 Å². The predicted octanol–water partition coefficient (Wildman–Crippen LogP) is 2.61. The second-order valence-electron chi connectivity index (χ2n) is 5.99. The molecule has 0 radical (unpaired) electrons. The van der Waals surface area contributed by atoms with Gasteiger partial charge in [-0.2, -0.15) is 0 Å². The summed E-state index contributed by atoms with van der Waals surface area (Å²) in [5.74, 6) is -1.95. The summed E-state index contributed by atoms with van der Waals surface area (Å²) in [5, 5.41) is 2.75. The highest BCUT2D eigenvalue weighted by atomic mass is 32.1. The van der Waals surface area contributed by atoms with E-state index in [0.29, 0.717) is 16.9 Å². The van der Waals surface area contributed by atoms with Crippen molar-refractivity contribution in [3.8, 4) is 0 Å². The van der Waals surface area contributed by atoms with Gasteiger partial charge in [0.2, 0.25) is 0 Å². The molecule has 1 aromatic rings. The Morgan fingerprint density at radius 2 is 1.78 bits per heavy atom. The zero-order valence-corrected chi connectivity index (χ0v) is 17.2. The fourth-order valence-electron chi connectivity index (χ4n) is 2.16. The molecule has 1 aromatic heterocycles. The van der Waals surface area contributed by atoms with Crippen LogP contribution in [0.25, 0.3) is 0 Å². The molecule has 0 atom stereocenters. The molecule has 2 amide bonds. The number of rotatable bonds is 9. The molecule has 0 aliphatic rings. The second-order valence-corrected chi connectivity index (χ2v) is 7.01. The van der Waals surface area contributed by atoms with Gasteiger partial charge in [0.05, 0.1) is 17.0 Å². The maximum Gasteiger partial charge on any atom is 0.341 e. The van der Waals surface area contributed by atoms with E-state index in [1.807, 2.05) is 6.92 Å². The molecule has 0 unspecified atom stereocenters. The number of ether oxygens (including phenoxy) is 2. The van der Waals surface area contributed by atoms with Crippen LogP contribution in [0.4, 0.5) is 5.00 Å². The summed E-state index contributed by atoms with van der Waals surface area (Å²) in [7, 11) is 3.19. The van der Waals surface area contributed by atoms with Crippen molar-refractivity contribution in [2.24, 2.45) is 0 Å². The van der Waals surface area contributed by atoms with Gasteiger partial charge in [-0.3, -0.25) is 14.4 Å². The highest BCUT2D eigenvalue weighted by molar-refractivity contribution is 7.18. The van der Waals surface area contributed by atoms with Crippen molar-refractivity contribution in [2.45, 2.75) is 40.0 Å². The van der Waals surface area contributed by atoms with Crippen LogP contribution in [0.15, 0.2) is 0 Å². The van der Waals surface area contributed by atoms with Crippen molar-refractivity contribution < 1.29 is 28.7 Å². The number of carbonyl (C=O) groups is 4. The number of esters is 2. The maximum absolute atomic E-state index is 12.3. The topological polar surface area (TPSA) is 102 Å². The molecule has 0 aliphatic carbocycles. The number of carbonyl (C=O) groups excluding carboxylic acids is 4. The van der Waals surface area contributed by atoms with Gasteiger partial charge >= 0.3 is 11.9 Å². The Morgan fingerprint density at radius 1 is 1.11 bits per heavy atom. The molecule has 0 spiro atoms. The molecule has 0 saturated carbocycles. The molecule has 1 rings (SSSR count). The van der Waals surface area contributed by atoms with Gasteiger partial charge in [-0.15, -0.1) is 11.3 Å². The number of nitrogens with zero attached hydrogens (tertiary/aromatic N) is 1. The molecule has 0 aromatic carbocycles. The van der Waals surface area contributed by atoms with Crippen molar-refractivity contribution in [3.05, 3.63) is 16.0 Å². The quantitative estimate of drug-likeness (QED) is 0.642. The fraction of sp³-hybridized carbons (Fsp3) is 0.556. The SMILES string of the molecule is CCCCC(=O)OCC(=O)Nc1sc(C(=O)N(C)C)c(C)c1C(=O)OCC. The molecular weight excluding hydrogens is 372 g/mol. The first-order valence-corrected chi connectivity index (χ1v) is 9.52. The molecule has 8 nitrogen and oxygen atoms in total. The normalized spacial score (nSPS) is 10.3. The van der Waals surface area contributed by atoms with E-state index in [-0.39, 0.29) is 29.5 Å². The van der Waals surface area contributed by atoms with Gasteiger partial charge in [0.15, 0.2) is 6.61 Å². The van der Waals surface area contributed by atoms with Gasteiger partial charge in [0.1, 0.15) is 5.00 Å². The number of unbranched alkanes of at least 4 members (excludes halogenated alkanes) is 1. The second kappa shape index (κ2) is 10.7. The summed E-state index contributed by atoms with van der Waals surface area (Å²) in [5.41, 5.74) is 0.574. The van der Waals surface area contributed by atoms with Crippen LogP contribution >= 0.6 is 11.3 Å². The molecule has 0 bridgehead atoms. The lowest BCUT2D eigenvalue weighted by Crippen LogP contribution is -2.21. The Kier molecular flexibility index (Phi) is 8.93. The lowest BCUT2D eigenvalue weighted by molar-refractivity contribution is -0.147. The Morgan fingerprint density at radius 3 is 2.33 bits per heavy atom. The van der Waals surface area contributed by atoms with E-state index in [1.165, 1.54) is 4.90 Å². The van der Waals surface area contributed by atoms with Crippen molar-refractivity contribution in [1.29, 1.82) is 0 Å². The van der Waals surface area contributed by atoms with Gasteiger partial charge < -0.3 is 19.7 Å². The van der Waals surface area contributed by atoms with Gasteiger partial charge in [-0.25, -0.2) is 4.79 Å². The fourth-order valence-corrected chi connectivity index (χ4v) is 3.39. The summed E-state index contributed by atoms with van der Waals surface area (Å²) >= 11 is 0.989. The van der Waals surface area contributed by atoms with Gasteiger partial charge in [-0.1, -0.05) is 13.3 Å². The van der Waals surface area contributed by atoms with E-state index in [1.54, 1.807) is 27.9 Å². The van der Waals surface area contributed by atoms with E-state index in [4.69, 9.17) is 9.47 Å². The molecule has 27 heavy (non-hydrogen) atoms. The van der Waals surface area contributed by atoms with E-state index in [2.05, 4.69) is 5.32 Å². The lowest BCUT2D eigenvalue weighted by Gasteiger charge is -2.09. The van der Waals surface area contributed by atoms with Crippen LogP contribution in [0.5, 0.6) is 0 Å². The third kappa shape index (κ3) is 6.35. The summed E-state index contributed by atoms with van der Waals surface area (Å²) < 4.78 is 9.94. The molecule has 1 heterocycles. The highest BCUT2D eigenvalue weighted by Crippen LogP contribution is 2.34. The van der Waals surface area contributed by atoms with E-state index >= 15 is 0 Å². The van der Waals surface area contributed by atoms with Crippen molar-refractivity contribution in [3.63, 3.8) is 0 Å². The zero-order chi connectivity index (χ0) is 20.6. The minimum atomic E-state index is -0.626. The number of nitrogens with one attached hydrogen (secondary N) is 1. The molecule has 1 N–H and O–H groups in total. The van der Waals surface area contributed by atoms with Gasteiger partial charge in [-0.05, 0) is 25.8 Å². The summed E-state index contributed by atoms with van der Waals surface area (Å²) in [6.45, 7) is 4.94. The van der Waals surface area contributed by atoms with E-state index in [9.17, 15) is 19.2 Å². The maximum atomic E-state index is 12.3. The zero-order valence-electron chi connectivity index (χ0n) is 16.3. The van der Waals surface area contributed by atoms with Crippen LogP contribution in [-0.2, 0) is 19.1 Å². The summed E-state index contributed by atoms with van der Waals surface area (Å²) in [6, 6.07) is 0. The first-order chi connectivity index (χ1) is 12.7. The smallest absolute Gasteiger partial charge is 0.341 e. The first-order valence-electron chi connectivity index (χ1n) is 8.70. The van der Waals surface area contributed by atoms with Crippen LogP contribution in [-0.4, -0.2) is 56.0 Å². The average molecular weight is 398 g/mol. The molecule has 150 valence electrons. The highest BCUT2D eigenvalue weighted by Gasteiger charge is 2.27. The van der Waals surface area contributed by atoms with E-state index < -0.39 is 24.5 Å². The number of anilines is 1. The minimum absolute atomic E-state index is 0.137. The first kappa shape index (κ1) is 22.6. The van der Waals surface area contributed by atoms with Gasteiger partial charge in [0, 0.05) is 20.5 Å². The molecule has 9 heteroatoms. The van der Waals surface area contributed by atoms with Crippen molar-refractivity contribution >= 4 is 40.1 Å². The number of hydrogen-bond acceptors (Lipinski definition) is 7. The monoisotopic (exact) mass is 398 g/mol. The van der Waals surface area contributed by atoms with Crippen molar-refractivity contribution in [1.82, 2.24) is 4.90 Å². The van der Waals surface area contributed by atoms with Crippen LogP contribution in [0.1, 0.15) is 58.7 Å². The summed E-state index contributed by atoms with van der Waals surface area (Å²) in [6.07, 6.45) is 1.78. The Labute approximate surface area is 162 Å². The van der Waals surface area contributed by atoms with E-state index in [0.717, 1.165) is 17.8 Å². The molecule has 0 aliphatic heterocycles. The van der Waals surface area contributed by atoms with Crippen molar-refractivity contribution in [2.75, 3.05) is 32.6 Å². The standard InChI is InChI=1S/C18H26N2O6S/c1-6-8-9-13(22)26-10-12(21)19-16-14(18(24)25-7-2)11(3)15(27-16)17(23)20(4)5/h6-10H2,1-5H3,(H,19,21). The Balaban J connectivity index is 2.99. The Hall–Kier alpha value is -2.42. The molecular formula is C18H26N2O6S. The minimum Gasteiger partial charge on any atom is -0.462 e. The third-order valence-corrected chi connectivity index (χ3v) is 4.77. The Bertz CT molecular complexity index is 711. The summed E-state index contributed by atoms with van der Waals surface area (Å²) in [4.78, 5) is 49.9. The molecule has 0 fully saturated rings.